The molecule has 0 atom stereocenters. The molecule has 1 aliphatic rings. The average Bonchev–Trinajstić information content (AvgIpc) is 3.40. The van der Waals surface area contributed by atoms with E-state index in [0.29, 0.717) is 16.3 Å². The zero-order chi connectivity index (χ0) is 16.9. The second kappa shape index (κ2) is 7.27. The summed E-state index contributed by atoms with van der Waals surface area (Å²) in [6.07, 6.45) is 3.43. The number of hydrogen-bond acceptors (Lipinski definition) is 3. The number of carbonyl (C=O) groups excluding carboxylic acids is 2. The fourth-order valence-corrected chi connectivity index (χ4v) is 2.31. The fraction of sp³-hybridized carbons (Fsp3) is 0.167. The molecule has 0 aliphatic heterocycles. The highest BCUT2D eigenvalue weighted by atomic mass is 35.5. The van der Waals surface area contributed by atoms with Crippen molar-refractivity contribution in [1.82, 2.24) is 5.43 Å². The van der Waals surface area contributed by atoms with E-state index >= 15 is 0 Å². The molecule has 5 nitrogen and oxygen atoms in total. The van der Waals surface area contributed by atoms with Crippen LogP contribution in [0.25, 0.3) is 0 Å². The molecule has 122 valence electrons. The molecular formula is C18H16ClN3O2. The molecule has 0 spiro atoms. The second-order valence-corrected chi connectivity index (χ2v) is 6.03. The number of hydrazone groups is 1. The molecule has 2 aromatic rings. The highest BCUT2D eigenvalue weighted by molar-refractivity contribution is 6.30. The Kier molecular flexibility index (Phi) is 4.91. The van der Waals surface area contributed by atoms with Gasteiger partial charge in [0.2, 0.25) is 5.91 Å². The molecule has 24 heavy (non-hydrogen) atoms. The van der Waals surface area contributed by atoms with Crippen LogP contribution < -0.4 is 10.7 Å². The highest BCUT2D eigenvalue weighted by Gasteiger charge is 2.29. The Bertz CT molecular complexity index is 783. The van der Waals surface area contributed by atoms with Gasteiger partial charge in [-0.2, -0.15) is 5.10 Å². The molecule has 1 aliphatic carbocycles. The summed E-state index contributed by atoms with van der Waals surface area (Å²) in [5.41, 5.74) is 4.39. The fourth-order valence-electron chi connectivity index (χ4n) is 2.11. The zero-order valence-corrected chi connectivity index (χ0v) is 13.6. The molecule has 2 aromatic carbocycles. The van der Waals surface area contributed by atoms with Crippen LogP contribution in [0.5, 0.6) is 0 Å². The van der Waals surface area contributed by atoms with Crippen molar-refractivity contribution in [1.29, 1.82) is 0 Å². The summed E-state index contributed by atoms with van der Waals surface area (Å²) in [7, 11) is 0. The van der Waals surface area contributed by atoms with Crippen molar-refractivity contribution in [2.45, 2.75) is 12.8 Å². The van der Waals surface area contributed by atoms with E-state index in [9.17, 15) is 9.59 Å². The highest BCUT2D eigenvalue weighted by Crippen LogP contribution is 2.30. The number of amides is 2. The first kappa shape index (κ1) is 16.2. The quantitative estimate of drug-likeness (QED) is 0.646. The van der Waals surface area contributed by atoms with Crippen LogP contribution in [0.3, 0.4) is 0 Å². The molecule has 0 aromatic heterocycles. The lowest BCUT2D eigenvalue weighted by molar-refractivity contribution is -0.117. The van der Waals surface area contributed by atoms with Gasteiger partial charge in [0, 0.05) is 22.2 Å². The third-order valence-corrected chi connectivity index (χ3v) is 3.83. The predicted molar refractivity (Wildman–Crippen MR) is 94.3 cm³/mol. The minimum atomic E-state index is -0.326. The molecule has 1 saturated carbocycles. The van der Waals surface area contributed by atoms with E-state index in [1.807, 2.05) is 6.07 Å². The van der Waals surface area contributed by atoms with Crippen LogP contribution in [0.2, 0.25) is 5.02 Å². The van der Waals surface area contributed by atoms with E-state index in [4.69, 9.17) is 11.6 Å². The van der Waals surface area contributed by atoms with Gasteiger partial charge in [-0.3, -0.25) is 9.59 Å². The van der Waals surface area contributed by atoms with Crippen molar-refractivity contribution in [3.05, 3.63) is 64.7 Å². The Morgan fingerprint density at radius 3 is 2.54 bits per heavy atom. The molecule has 1 fully saturated rings. The molecule has 2 amide bonds. The summed E-state index contributed by atoms with van der Waals surface area (Å²) < 4.78 is 0. The van der Waals surface area contributed by atoms with Gasteiger partial charge in [0.05, 0.1) is 6.21 Å². The number of anilines is 1. The third kappa shape index (κ3) is 4.43. The minimum absolute atomic E-state index is 0.0401. The number of hydrogen-bond donors (Lipinski definition) is 2. The van der Waals surface area contributed by atoms with Crippen LogP contribution in [0, 0.1) is 5.92 Å². The lowest BCUT2D eigenvalue weighted by atomic mass is 10.2. The van der Waals surface area contributed by atoms with Crippen molar-refractivity contribution in [2.24, 2.45) is 11.0 Å². The van der Waals surface area contributed by atoms with Gasteiger partial charge in [-0.05, 0) is 54.8 Å². The number of carbonyl (C=O) groups is 2. The van der Waals surface area contributed by atoms with Crippen LogP contribution in [0.15, 0.2) is 53.6 Å². The Hall–Kier alpha value is -2.66. The molecule has 0 bridgehead atoms. The molecule has 3 rings (SSSR count). The van der Waals surface area contributed by atoms with E-state index < -0.39 is 0 Å². The number of nitrogens with one attached hydrogen (secondary N) is 2. The van der Waals surface area contributed by atoms with Gasteiger partial charge in [-0.15, -0.1) is 0 Å². The topological polar surface area (TPSA) is 70.6 Å². The third-order valence-electron chi connectivity index (χ3n) is 3.59. The number of halogens is 1. The monoisotopic (exact) mass is 341 g/mol. The van der Waals surface area contributed by atoms with Crippen molar-refractivity contribution >= 4 is 35.3 Å². The summed E-state index contributed by atoms with van der Waals surface area (Å²) in [6.45, 7) is 0. The van der Waals surface area contributed by atoms with Crippen molar-refractivity contribution in [2.75, 3.05) is 5.32 Å². The van der Waals surface area contributed by atoms with E-state index in [1.165, 1.54) is 6.21 Å². The normalized spacial score (nSPS) is 13.7. The van der Waals surface area contributed by atoms with Crippen molar-refractivity contribution < 1.29 is 9.59 Å². The molecule has 0 unspecified atom stereocenters. The molecule has 0 heterocycles. The summed E-state index contributed by atoms with van der Waals surface area (Å²) in [4.78, 5) is 23.7. The largest absolute Gasteiger partial charge is 0.326 e. The SMILES string of the molecule is O=C(N/N=C/c1cccc(Cl)c1)c1ccc(NC(=O)C2CC2)cc1. The van der Waals surface area contributed by atoms with Crippen LogP contribution in [-0.4, -0.2) is 18.0 Å². The Morgan fingerprint density at radius 1 is 1.12 bits per heavy atom. The summed E-state index contributed by atoms with van der Waals surface area (Å²) in [6, 6.07) is 13.8. The zero-order valence-electron chi connectivity index (χ0n) is 12.8. The van der Waals surface area contributed by atoms with E-state index in [-0.39, 0.29) is 17.7 Å². The van der Waals surface area contributed by atoms with Crippen LogP contribution in [0.1, 0.15) is 28.8 Å². The molecule has 6 heteroatoms. The maximum Gasteiger partial charge on any atom is 0.271 e. The summed E-state index contributed by atoms with van der Waals surface area (Å²) in [5.74, 6) is -0.138. The molecule has 0 saturated heterocycles. The van der Waals surface area contributed by atoms with Crippen LogP contribution in [0.4, 0.5) is 5.69 Å². The first-order chi connectivity index (χ1) is 11.6. The maximum absolute atomic E-state index is 12.0. The summed E-state index contributed by atoms with van der Waals surface area (Å²) in [5, 5.41) is 7.34. The number of benzene rings is 2. The standard InChI is InChI=1S/C18H16ClN3O2/c19-15-3-1-2-12(10-15)11-20-22-18(24)14-6-8-16(9-7-14)21-17(23)13-4-5-13/h1-3,6-11,13H,4-5H2,(H,21,23)(H,22,24)/b20-11+. The van der Waals surface area contributed by atoms with Crippen LogP contribution in [-0.2, 0) is 4.79 Å². The first-order valence-electron chi connectivity index (χ1n) is 7.62. The van der Waals surface area contributed by atoms with Gasteiger partial charge in [-0.25, -0.2) is 5.43 Å². The second-order valence-electron chi connectivity index (χ2n) is 5.60. The Balaban J connectivity index is 1.55. The van der Waals surface area contributed by atoms with Gasteiger partial charge in [0.25, 0.3) is 5.91 Å². The van der Waals surface area contributed by atoms with Gasteiger partial charge < -0.3 is 5.32 Å². The Labute approximate surface area is 144 Å². The van der Waals surface area contributed by atoms with E-state index in [1.54, 1.807) is 42.5 Å². The van der Waals surface area contributed by atoms with Gasteiger partial charge >= 0.3 is 0 Å². The lowest BCUT2D eigenvalue weighted by Gasteiger charge is -2.05. The molecule has 0 radical (unpaired) electrons. The van der Waals surface area contributed by atoms with E-state index in [0.717, 1.165) is 18.4 Å². The average molecular weight is 342 g/mol. The molecule has 2 N–H and O–H groups in total. The van der Waals surface area contributed by atoms with Gasteiger partial charge in [0.15, 0.2) is 0 Å². The number of nitrogens with zero attached hydrogens (tertiary/aromatic N) is 1. The smallest absolute Gasteiger partial charge is 0.271 e. The minimum Gasteiger partial charge on any atom is -0.326 e. The predicted octanol–water partition coefficient (Wildman–Crippen LogP) is 3.45. The maximum atomic E-state index is 12.0. The van der Waals surface area contributed by atoms with Crippen molar-refractivity contribution in [3.8, 4) is 0 Å². The van der Waals surface area contributed by atoms with Crippen LogP contribution >= 0.6 is 11.6 Å². The Morgan fingerprint density at radius 2 is 1.88 bits per heavy atom. The lowest BCUT2D eigenvalue weighted by Crippen LogP contribution is -2.18. The number of rotatable bonds is 5. The summed E-state index contributed by atoms with van der Waals surface area (Å²) >= 11 is 5.88. The molecular weight excluding hydrogens is 326 g/mol. The van der Waals surface area contributed by atoms with E-state index in [2.05, 4.69) is 15.8 Å². The van der Waals surface area contributed by atoms with Gasteiger partial charge in [-0.1, -0.05) is 23.7 Å². The van der Waals surface area contributed by atoms with Crippen molar-refractivity contribution in [3.63, 3.8) is 0 Å². The first-order valence-corrected chi connectivity index (χ1v) is 7.99. The van der Waals surface area contributed by atoms with Gasteiger partial charge in [0.1, 0.15) is 0 Å².